The summed E-state index contributed by atoms with van der Waals surface area (Å²) in [7, 11) is -3.55. The Morgan fingerprint density at radius 3 is 2.33 bits per heavy atom. The zero-order valence-corrected chi connectivity index (χ0v) is 10.4. The van der Waals surface area contributed by atoms with Crippen molar-refractivity contribution in [1.82, 2.24) is 9.71 Å². The molecule has 0 spiro atoms. The molecule has 4 nitrogen and oxygen atoms in total. The Balaban J connectivity index is 3.02. The molecule has 0 aliphatic heterocycles. The van der Waals surface area contributed by atoms with Gasteiger partial charge < -0.3 is 0 Å². The predicted molar refractivity (Wildman–Crippen MR) is 59.3 cm³/mol. The fourth-order valence-corrected chi connectivity index (χ4v) is 2.44. The predicted octanol–water partition coefficient (Wildman–Crippen LogP) is 1.81. The van der Waals surface area contributed by atoms with Crippen LogP contribution >= 0.6 is 11.6 Å². The lowest BCUT2D eigenvalue weighted by atomic mass is 10.1. The minimum absolute atomic E-state index is 0.0261. The summed E-state index contributed by atoms with van der Waals surface area (Å²) in [6, 6.07) is 2.86. The van der Waals surface area contributed by atoms with E-state index in [0.29, 0.717) is 5.02 Å². The lowest BCUT2D eigenvalue weighted by molar-refractivity contribution is 0.489. The minimum Gasteiger partial charge on any atom is -0.242 e. The van der Waals surface area contributed by atoms with E-state index in [1.807, 2.05) is 0 Å². The van der Waals surface area contributed by atoms with E-state index in [9.17, 15) is 8.42 Å². The van der Waals surface area contributed by atoms with Crippen LogP contribution in [0.25, 0.3) is 0 Å². The van der Waals surface area contributed by atoms with E-state index >= 15 is 0 Å². The molecule has 0 saturated heterocycles. The molecule has 6 heteroatoms. The van der Waals surface area contributed by atoms with Crippen LogP contribution < -0.4 is 4.72 Å². The van der Waals surface area contributed by atoms with Gasteiger partial charge in [0.05, 0.1) is 5.02 Å². The average molecular weight is 249 g/mol. The zero-order chi connectivity index (χ0) is 11.7. The van der Waals surface area contributed by atoms with Crippen LogP contribution in [0.3, 0.4) is 0 Å². The highest BCUT2D eigenvalue weighted by Gasteiger charge is 2.22. The Labute approximate surface area is 94.7 Å². The summed E-state index contributed by atoms with van der Waals surface area (Å²) < 4.78 is 26.0. The quantitative estimate of drug-likeness (QED) is 0.869. The first-order chi connectivity index (χ1) is 6.71. The molecule has 15 heavy (non-hydrogen) atoms. The van der Waals surface area contributed by atoms with Crippen LogP contribution in [0.1, 0.15) is 20.8 Å². The van der Waals surface area contributed by atoms with Crippen molar-refractivity contribution in [2.45, 2.75) is 31.3 Å². The number of nitrogens with zero attached hydrogens (tertiary/aromatic N) is 1. The van der Waals surface area contributed by atoms with Crippen LogP contribution in [0.5, 0.6) is 0 Å². The first-order valence-electron chi connectivity index (χ1n) is 4.36. The van der Waals surface area contributed by atoms with Crippen molar-refractivity contribution in [2.75, 3.05) is 0 Å². The number of nitrogens with one attached hydrogen (secondary N) is 1. The van der Waals surface area contributed by atoms with Gasteiger partial charge in [-0.3, -0.25) is 0 Å². The highest BCUT2D eigenvalue weighted by Crippen LogP contribution is 2.12. The smallest absolute Gasteiger partial charge is 0.242 e. The third kappa shape index (κ3) is 3.77. The van der Waals surface area contributed by atoms with Gasteiger partial charge in [0.1, 0.15) is 0 Å². The highest BCUT2D eigenvalue weighted by molar-refractivity contribution is 7.89. The lowest BCUT2D eigenvalue weighted by Crippen LogP contribution is -2.40. The van der Waals surface area contributed by atoms with Gasteiger partial charge in [-0.25, -0.2) is 18.1 Å². The van der Waals surface area contributed by atoms with Gasteiger partial charge in [0.25, 0.3) is 10.0 Å². The van der Waals surface area contributed by atoms with Gasteiger partial charge in [0.2, 0.25) is 0 Å². The van der Waals surface area contributed by atoms with Crippen LogP contribution in [0, 0.1) is 0 Å². The maximum Gasteiger partial charge on any atom is 0.258 e. The Bertz CT molecular complexity index is 434. The average Bonchev–Trinajstić information content (AvgIpc) is 2.00. The molecule has 1 aromatic rings. The zero-order valence-electron chi connectivity index (χ0n) is 8.78. The summed E-state index contributed by atoms with van der Waals surface area (Å²) in [6.07, 6.45) is 1.30. The third-order valence-corrected chi connectivity index (χ3v) is 3.31. The van der Waals surface area contributed by atoms with Gasteiger partial charge in [0.15, 0.2) is 5.03 Å². The molecule has 1 N–H and O–H groups in total. The van der Waals surface area contributed by atoms with Crippen LogP contribution in [0.4, 0.5) is 0 Å². The topological polar surface area (TPSA) is 59.1 Å². The number of hydrogen-bond acceptors (Lipinski definition) is 3. The Morgan fingerprint density at radius 2 is 1.93 bits per heavy atom. The number of aromatic nitrogens is 1. The molecule has 0 aromatic carbocycles. The lowest BCUT2D eigenvalue weighted by Gasteiger charge is -2.19. The van der Waals surface area contributed by atoms with Gasteiger partial charge in [0, 0.05) is 11.7 Å². The number of halogens is 1. The van der Waals surface area contributed by atoms with E-state index in [4.69, 9.17) is 11.6 Å². The molecule has 0 atom stereocenters. The van der Waals surface area contributed by atoms with Crippen molar-refractivity contribution in [3.63, 3.8) is 0 Å². The van der Waals surface area contributed by atoms with E-state index in [0.717, 1.165) is 0 Å². The molecule has 0 aliphatic carbocycles. The van der Waals surface area contributed by atoms with Gasteiger partial charge >= 0.3 is 0 Å². The normalized spacial score (nSPS) is 12.8. The van der Waals surface area contributed by atoms with Crippen molar-refractivity contribution in [3.05, 3.63) is 23.4 Å². The molecule has 84 valence electrons. The van der Waals surface area contributed by atoms with E-state index in [2.05, 4.69) is 9.71 Å². The molecule has 0 bridgehead atoms. The first-order valence-corrected chi connectivity index (χ1v) is 6.22. The van der Waals surface area contributed by atoms with Crippen LogP contribution in [-0.4, -0.2) is 18.9 Å². The third-order valence-electron chi connectivity index (χ3n) is 1.42. The maximum atomic E-state index is 11.7. The molecule has 0 saturated carbocycles. The fraction of sp³-hybridized carbons (Fsp3) is 0.444. The molecular formula is C9H13ClN2O2S. The standard InChI is InChI=1S/C9H13ClN2O2S/c1-9(2,3)12-15(13,14)8-5-4-7(10)6-11-8/h4-6,12H,1-3H3. The Kier molecular flexibility index (Phi) is 3.38. The molecular weight excluding hydrogens is 236 g/mol. The fourth-order valence-electron chi connectivity index (χ4n) is 0.977. The minimum atomic E-state index is -3.55. The summed E-state index contributed by atoms with van der Waals surface area (Å²) in [4.78, 5) is 3.75. The van der Waals surface area contributed by atoms with Gasteiger partial charge in [-0.1, -0.05) is 11.6 Å². The van der Waals surface area contributed by atoms with Crippen molar-refractivity contribution in [2.24, 2.45) is 0 Å². The second kappa shape index (κ2) is 4.08. The molecule has 0 amide bonds. The molecule has 1 rings (SSSR count). The summed E-state index contributed by atoms with van der Waals surface area (Å²) >= 11 is 5.62. The number of pyridine rings is 1. The van der Waals surface area contributed by atoms with Crippen LogP contribution in [-0.2, 0) is 10.0 Å². The highest BCUT2D eigenvalue weighted by atomic mass is 35.5. The van der Waals surface area contributed by atoms with Crippen molar-refractivity contribution < 1.29 is 8.42 Å². The number of hydrogen-bond donors (Lipinski definition) is 1. The second-order valence-electron chi connectivity index (χ2n) is 4.17. The second-order valence-corrected chi connectivity index (χ2v) is 6.24. The van der Waals surface area contributed by atoms with Gasteiger partial charge in [-0.05, 0) is 32.9 Å². The number of sulfonamides is 1. The molecule has 1 heterocycles. The Hall–Kier alpha value is -0.650. The van der Waals surface area contributed by atoms with Gasteiger partial charge in [-0.2, -0.15) is 0 Å². The van der Waals surface area contributed by atoms with E-state index < -0.39 is 15.6 Å². The van der Waals surface area contributed by atoms with Crippen molar-refractivity contribution in [3.8, 4) is 0 Å². The van der Waals surface area contributed by atoms with Gasteiger partial charge in [-0.15, -0.1) is 0 Å². The molecule has 1 aromatic heterocycles. The maximum absolute atomic E-state index is 11.7. The SMILES string of the molecule is CC(C)(C)NS(=O)(=O)c1ccc(Cl)cn1. The van der Waals surface area contributed by atoms with E-state index in [-0.39, 0.29) is 5.03 Å². The number of rotatable bonds is 2. The van der Waals surface area contributed by atoms with Crippen LogP contribution in [0.15, 0.2) is 23.4 Å². The first kappa shape index (κ1) is 12.4. The van der Waals surface area contributed by atoms with Crippen LogP contribution in [0.2, 0.25) is 5.02 Å². The summed E-state index contributed by atoms with van der Waals surface area (Å²) in [5, 5.41) is 0.381. The monoisotopic (exact) mass is 248 g/mol. The summed E-state index contributed by atoms with van der Waals surface area (Å²) in [5.74, 6) is 0. The molecule has 0 fully saturated rings. The summed E-state index contributed by atoms with van der Waals surface area (Å²) in [6.45, 7) is 5.29. The van der Waals surface area contributed by atoms with E-state index in [1.165, 1.54) is 18.3 Å². The van der Waals surface area contributed by atoms with Crippen molar-refractivity contribution >= 4 is 21.6 Å². The Morgan fingerprint density at radius 1 is 1.33 bits per heavy atom. The van der Waals surface area contributed by atoms with Crippen molar-refractivity contribution in [1.29, 1.82) is 0 Å². The molecule has 0 unspecified atom stereocenters. The largest absolute Gasteiger partial charge is 0.258 e. The van der Waals surface area contributed by atoms with E-state index in [1.54, 1.807) is 20.8 Å². The molecule has 0 radical (unpaired) electrons. The summed E-state index contributed by atoms with van der Waals surface area (Å²) in [5.41, 5.74) is -0.528. The molecule has 0 aliphatic rings.